The summed E-state index contributed by atoms with van der Waals surface area (Å²) >= 11 is 0. The van der Waals surface area contributed by atoms with Crippen molar-refractivity contribution < 1.29 is 4.74 Å². The Balaban J connectivity index is 0.00000256. The molecule has 2 atom stereocenters. The summed E-state index contributed by atoms with van der Waals surface area (Å²) in [6.07, 6.45) is 5.82. The molecule has 1 heterocycles. The van der Waals surface area contributed by atoms with Crippen molar-refractivity contribution in [3.63, 3.8) is 0 Å². The van der Waals surface area contributed by atoms with E-state index in [1.165, 1.54) is 11.1 Å². The minimum atomic E-state index is 0. The highest BCUT2D eigenvalue weighted by Crippen LogP contribution is 2.32. The molecule has 0 unspecified atom stereocenters. The summed E-state index contributed by atoms with van der Waals surface area (Å²) in [6, 6.07) is 0. The summed E-state index contributed by atoms with van der Waals surface area (Å²) in [7, 11) is 0. The number of ether oxygens (including phenoxy) is 1. The summed E-state index contributed by atoms with van der Waals surface area (Å²) in [6.45, 7) is 14.4. The van der Waals surface area contributed by atoms with Gasteiger partial charge in [-0.3, -0.25) is 0 Å². The molecule has 0 aromatic carbocycles. The van der Waals surface area contributed by atoms with Crippen LogP contribution in [0.5, 0.6) is 0 Å². The first-order chi connectivity index (χ1) is 7.30. The zero-order valence-electron chi connectivity index (χ0n) is 11.6. The Kier molecular flexibility index (Phi) is 6.18. The molecule has 1 aliphatic heterocycles. The molecule has 0 aromatic rings. The van der Waals surface area contributed by atoms with Gasteiger partial charge in [0.25, 0.3) is 0 Å². The average molecular weight is 238 g/mol. The van der Waals surface area contributed by atoms with Gasteiger partial charge in [0.1, 0.15) is 0 Å². The Morgan fingerprint density at radius 1 is 1.47 bits per heavy atom. The van der Waals surface area contributed by atoms with Gasteiger partial charge in [0.2, 0.25) is 0 Å². The third kappa shape index (κ3) is 5.08. The van der Waals surface area contributed by atoms with Crippen LogP contribution in [0.25, 0.3) is 0 Å². The lowest BCUT2D eigenvalue weighted by atomic mass is 9.77. The van der Waals surface area contributed by atoms with Crippen molar-refractivity contribution in [2.75, 3.05) is 6.61 Å². The molecule has 100 valence electrons. The van der Waals surface area contributed by atoms with Crippen LogP contribution < -0.4 is 0 Å². The predicted molar refractivity (Wildman–Crippen MR) is 77.2 cm³/mol. The Morgan fingerprint density at radius 2 is 2.06 bits per heavy atom. The zero-order chi connectivity index (χ0) is 12.3. The molecule has 0 amide bonds. The molecule has 0 aromatic heterocycles. The zero-order valence-corrected chi connectivity index (χ0v) is 11.6. The fourth-order valence-corrected chi connectivity index (χ4v) is 2.00. The number of rotatable bonds is 2. The molecule has 1 heteroatoms. The molecule has 0 bridgehead atoms. The lowest BCUT2D eigenvalue weighted by molar-refractivity contribution is 0.0973. The molecule has 0 saturated heterocycles. The molecule has 0 aliphatic carbocycles. The van der Waals surface area contributed by atoms with Crippen molar-refractivity contribution in [2.45, 2.75) is 61.5 Å². The summed E-state index contributed by atoms with van der Waals surface area (Å²) in [5.74, 6) is 0.599. The number of allylic oxidation sites excluding steroid dienone is 1. The summed E-state index contributed by atoms with van der Waals surface area (Å²) in [5.41, 5.74) is 3.23. The van der Waals surface area contributed by atoms with Gasteiger partial charge in [0.05, 0.1) is 12.7 Å². The van der Waals surface area contributed by atoms with E-state index in [0.717, 1.165) is 13.0 Å². The Labute approximate surface area is 108 Å². The second-order valence-electron chi connectivity index (χ2n) is 6.12. The van der Waals surface area contributed by atoms with Gasteiger partial charge in [-0.2, -0.15) is 0 Å². The highest BCUT2D eigenvalue weighted by molar-refractivity contribution is 5.13. The first-order valence-corrected chi connectivity index (χ1v) is 6.26. The van der Waals surface area contributed by atoms with Crippen molar-refractivity contribution in [2.24, 2.45) is 11.3 Å². The minimum Gasteiger partial charge on any atom is -0.370 e. The van der Waals surface area contributed by atoms with Gasteiger partial charge < -0.3 is 4.74 Å². The SMILES string of the molecule is C.CC1=CCO[C@H](/C=C(\C)[C@H](C)C(C)(C)C)C1. The molecule has 17 heavy (non-hydrogen) atoms. The van der Waals surface area contributed by atoms with Crippen molar-refractivity contribution in [1.82, 2.24) is 0 Å². The normalized spacial score (nSPS) is 23.8. The molecule has 0 N–H and O–H groups in total. The molecule has 1 nitrogen and oxygen atoms in total. The van der Waals surface area contributed by atoms with Crippen LogP contribution in [0.1, 0.15) is 55.4 Å². The maximum absolute atomic E-state index is 5.73. The van der Waals surface area contributed by atoms with Gasteiger partial charge in [-0.15, -0.1) is 0 Å². The van der Waals surface area contributed by atoms with Crippen molar-refractivity contribution in [1.29, 1.82) is 0 Å². The molecule has 1 aliphatic rings. The Hall–Kier alpha value is -0.560. The monoisotopic (exact) mass is 238 g/mol. The largest absolute Gasteiger partial charge is 0.370 e. The predicted octanol–water partition coefficient (Wildman–Crippen LogP) is 4.99. The van der Waals surface area contributed by atoms with E-state index in [-0.39, 0.29) is 13.5 Å². The van der Waals surface area contributed by atoms with E-state index < -0.39 is 0 Å². The molecule has 0 saturated carbocycles. The Morgan fingerprint density at radius 3 is 2.53 bits per heavy atom. The van der Waals surface area contributed by atoms with Crippen molar-refractivity contribution >= 4 is 0 Å². The summed E-state index contributed by atoms with van der Waals surface area (Å²) in [4.78, 5) is 0. The van der Waals surface area contributed by atoms with Gasteiger partial charge in [0, 0.05) is 0 Å². The third-order valence-corrected chi connectivity index (χ3v) is 3.70. The van der Waals surface area contributed by atoms with Gasteiger partial charge >= 0.3 is 0 Å². The molecule has 1 rings (SSSR count). The van der Waals surface area contributed by atoms with Crippen LogP contribution in [0.3, 0.4) is 0 Å². The summed E-state index contributed by atoms with van der Waals surface area (Å²) in [5, 5.41) is 0. The van der Waals surface area contributed by atoms with Gasteiger partial charge in [-0.25, -0.2) is 0 Å². The van der Waals surface area contributed by atoms with Crippen LogP contribution in [-0.4, -0.2) is 12.7 Å². The maximum atomic E-state index is 5.73. The van der Waals surface area contributed by atoms with Crippen LogP contribution >= 0.6 is 0 Å². The lowest BCUT2D eigenvalue weighted by Crippen LogP contribution is -2.21. The topological polar surface area (TPSA) is 9.23 Å². The second kappa shape index (κ2) is 6.39. The van der Waals surface area contributed by atoms with Crippen LogP contribution in [0.4, 0.5) is 0 Å². The van der Waals surface area contributed by atoms with E-state index in [1.807, 2.05) is 0 Å². The van der Waals surface area contributed by atoms with E-state index in [2.05, 4.69) is 53.7 Å². The van der Waals surface area contributed by atoms with Gasteiger partial charge in [-0.1, -0.05) is 58.4 Å². The summed E-state index contributed by atoms with van der Waals surface area (Å²) < 4.78 is 5.73. The van der Waals surface area contributed by atoms with E-state index >= 15 is 0 Å². The molecular weight excluding hydrogens is 208 g/mol. The number of hydrogen-bond donors (Lipinski definition) is 0. The van der Waals surface area contributed by atoms with Crippen LogP contribution in [-0.2, 0) is 4.74 Å². The van der Waals surface area contributed by atoms with Crippen LogP contribution in [0, 0.1) is 11.3 Å². The van der Waals surface area contributed by atoms with E-state index in [1.54, 1.807) is 0 Å². The fraction of sp³-hybridized carbons (Fsp3) is 0.750. The first-order valence-electron chi connectivity index (χ1n) is 6.26. The smallest absolute Gasteiger partial charge is 0.0799 e. The Bertz CT molecular complexity index is 291. The minimum absolute atomic E-state index is 0. The first kappa shape index (κ1) is 16.4. The second-order valence-corrected chi connectivity index (χ2v) is 6.12. The van der Waals surface area contributed by atoms with E-state index in [4.69, 9.17) is 4.74 Å². The van der Waals surface area contributed by atoms with E-state index in [0.29, 0.717) is 11.3 Å². The van der Waals surface area contributed by atoms with Gasteiger partial charge in [-0.05, 0) is 31.6 Å². The highest BCUT2D eigenvalue weighted by atomic mass is 16.5. The fourth-order valence-electron chi connectivity index (χ4n) is 2.00. The van der Waals surface area contributed by atoms with Crippen molar-refractivity contribution in [3.05, 3.63) is 23.3 Å². The average Bonchev–Trinajstić information content (AvgIpc) is 2.15. The van der Waals surface area contributed by atoms with Crippen molar-refractivity contribution in [3.8, 4) is 0 Å². The molecular formula is C16H30O. The van der Waals surface area contributed by atoms with Crippen LogP contribution in [0.2, 0.25) is 0 Å². The third-order valence-electron chi connectivity index (χ3n) is 3.70. The molecule has 0 spiro atoms. The molecule has 0 fully saturated rings. The quantitative estimate of drug-likeness (QED) is 0.616. The maximum Gasteiger partial charge on any atom is 0.0799 e. The van der Waals surface area contributed by atoms with Crippen LogP contribution in [0.15, 0.2) is 23.3 Å². The standard InChI is InChI=1S/C15H26O.CH4/c1-11-7-8-16-14(9-11)10-12(2)13(3)15(4,5)6;/h7,10,13-14H,8-9H2,1-6H3;1H4/b12-10+;/t13-,14-;/m0./s1. The lowest BCUT2D eigenvalue weighted by Gasteiger charge is -2.29. The van der Waals surface area contributed by atoms with E-state index in [9.17, 15) is 0 Å². The number of hydrogen-bond acceptors (Lipinski definition) is 1. The van der Waals surface area contributed by atoms with Gasteiger partial charge in [0.15, 0.2) is 0 Å². The highest BCUT2D eigenvalue weighted by Gasteiger charge is 2.22. The molecule has 0 radical (unpaired) electrons.